The average molecular weight is 372 g/mol. The summed E-state index contributed by atoms with van der Waals surface area (Å²) in [4.78, 5) is 25.5. The van der Waals surface area contributed by atoms with E-state index in [0.717, 1.165) is 5.39 Å². The minimum Gasteiger partial charge on any atom is -0.451 e. The first-order valence-corrected chi connectivity index (χ1v) is 9.19. The second-order valence-electron chi connectivity index (χ2n) is 5.69. The van der Waals surface area contributed by atoms with Gasteiger partial charge in [-0.25, -0.2) is 8.42 Å². The van der Waals surface area contributed by atoms with E-state index in [9.17, 15) is 18.0 Å². The van der Waals surface area contributed by atoms with Gasteiger partial charge < -0.3 is 4.42 Å². The molecule has 3 rings (SSSR count). The SMILES string of the molecule is CC(=O)c1ccc(S(=O)(=O)NNC(=O)c2oc3ccccc3c2C)cc1. The number of aryl methyl sites for hydroxylation is 1. The van der Waals surface area contributed by atoms with Gasteiger partial charge >= 0.3 is 5.91 Å². The van der Waals surface area contributed by atoms with Crippen LogP contribution < -0.4 is 10.3 Å². The normalized spacial score (nSPS) is 11.5. The van der Waals surface area contributed by atoms with Crippen molar-refractivity contribution in [1.29, 1.82) is 0 Å². The molecule has 0 atom stereocenters. The lowest BCUT2D eigenvalue weighted by molar-refractivity contribution is 0.0918. The first-order valence-electron chi connectivity index (χ1n) is 7.71. The van der Waals surface area contributed by atoms with Crippen molar-refractivity contribution < 1.29 is 22.4 Å². The number of furan rings is 1. The van der Waals surface area contributed by atoms with Crippen LogP contribution in [-0.2, 0) is 10.0 Å². The number of amides is 1. The van der Waals surface area contributed by atoms with E-state index in [2.05, 4.69) is 5.43 Å². The van der Waals surface area contributed by atoms with Gasteiger partial charge in [0.2, 0.25) is 0 Å². The molecule has 0 aliphatic heterocycles. The third-order valence-electron chi connectivity index (χ3n) is 3.92. The van der Waals surface area contributed by atoms with Crippen molar-refractivity contribution in [1.82, 2.24) is 10.3 Å². The number of hydrogen-bond donors (Lipinski definition) is 2. The van der Waals surface area contributed by atoms with E-state index < -0.39 is 15.9 Å². The van der Waals surface area contributed by atoms with Crippen LogP contribution in [0.4, 0.5) is 0 Å². The maximum Gasteiger partial charge on any atom is 0.302 e. The van der Waals surface area contributed by atoms with Crippen molar-refractivity contribution in [3.63, 3.8) is 0 Å². The number of fused-ring (bicyclic) bond motifs is 1. The minimum atomic E-state index is -3.98. The predicted octanol–water partition coefficient (Wildman–Crippen LogP) is 2.57. The van der Waals surface area contributed by atoms with Crippen molar-refractivity contribution >= 4 is 32.7 Å². The lowest BCUT2D eigenvalue weighted by Crippen LogP contribution is -2.41. The quantitative estimate of drug-likeness (QED) is 0.529. The molecule has 1 heterocycles. The fraction of sp³-hybridized carbons (Fsp3) is 0.111. The summed E-state index contributed by atoms with van der Waals surface area (Å²) in [6, 6.07) is 12.5. The molecular formula is C18H16N2O5S. The number of sulfonamides is 1. The standard InChI is InChI=1S/C18H16N2O5S/c1-11-15-5-3-4-6-16(15)25-17(11)18(22)19-20-26(23,24)14-9-7-13(8-10-14)12(2)21/h3-10,20H,1-2H3,(H,19,22). The molecule has 0 aliphatic carbocycles. The third-order valence-corrected chi connectivity index (χ3v) is 5.18. The predicted molar refractivity (Wildman–Crippen MR) is 95.2 cm³/mol. The molecule has 8 heteroatoms. The van der Waals surface area contributed by atoms with Gasteiger partial charge in [0.15, 0.2) is 11.5 Å². The van der Waals surface area contributed by atoms with Gasteiger partial charge in [0.1, 0.15) is 5.58 Å². The molecular weight excluding hydrogens is 356 g/mol. The zero-order chi connectivity index (χ0) is 18.9. The Labute approximate surface area is 150 Å². The number of hydrogen-bond acceptors (Lipinski definition) is 5. The number of carbonyl (C=O) groups excluding carboxylic acids is 2. The lowest BCUT2D eigenvalue weighted by Gasteiger charge is -2.08. The van der Waals surface area contributed by atoms with Crippen LogP contribution in [-0.4, -0.2) is 20.1 Å². The number of hydrazine groups is 1. The molecule has 3 aromatic rings. The van der Waals surface area contributed by atoms with E-state index in [1.54, 1.807) is 19.1 Å². The maximum atomic E-state index is 12.3. The molecule has 2 N–H and O–H groups in total. The summed E-state index contributed by atoms with van der Waals surface area (Å²) >= 11 is 0. The van der Waals surface area contributed by atoms with Gasteiger partial charge in [-0.05, 0) is 32.0 Å². The zero-order valence-corrected chi connectivity index (χ0v) is 14.9. The second-order valence-corrected chi connectivity index (χ2v) is 7.37. The Morgan fingerprint density at radius 3 is 2.27 bits per heavy atom. The highest BCUT2D eigenvalue weighted by Crippen LogP contribution is 2.24. The van der Waals surface area contributed by atoms with Gasteiger partial charge in [-0.2, -0.15) is 0 Å². The highest BCUT2D eigenvalue weighted by molar-refractivity contribution is 7.89. The van der Waals surface area contributed by atoms with Crippen molar-refractivity contribution in [2.45, 2.75) is 18.7 Å². The molecule has 0 unspecified atom stereocenters. The van der Waals surface area contributed by atoms with E-state index in [-0.39, 0.29) is 16.4 Å². The smallest absolute Gasteiger partial charge is 0.302 e. The number of Topliss-reactive ketones (excluding diaryl/α,β-unsaturated/α-hetero) is 1. The fourth-order valence-corrected chi connectivity index (χ4v) is 3.33. The highest BCUT2D eigenvalue weighted by Gasteiger charge is 2.20. The molecule has 26 heavy (non-hydrogen) atoms. The summed E-state index contributed by atoms with van der Waals surface area (Å²) in [7, 11) is -3.98. The molecule has 1 aromatic heterocycles. The number of rotatable bonds is 5. The summed E-state index contributed by atoms with van der Waals surface area (Å²) < 4.78 is 30.0. The monoisotopic (exact) mass is 372 g/mol. The Bertz CT molecular complexity index is 1100. The summed E-state index contributed by atoms with van der Waals surface area (Å²) in [5.41, 5.74) is 3.69. The number of para-hydroxylation sites is 1. The summed E-state index contributed by atoms with van der Waals surface area (Å²) in [5.74, 6) is -0.848. The van der Waals surface area contributed by atoms with Crippen LogP contribution in [0.15, 0.2) is 57.8 Å². The number of ketones is 1. The zero-order valence-electron chi connectivity index (χ0n) is 14.1. The Kier molecular flexibility index (Phi) is 4.62. The minimum absolute atomic E-state index is 0.0285. The summed E-state index contributed by atoms with van der Waals surface area (Å²) in [6.45, 7) is 3.10. The molecule has 0 aliphatic rings. The number of nitrogens with one attached hydrogen (secondary N) is 2. The van der Waals surface area contributed by atoms with Crippen LogP contribution in [0.5, 0.6) is 0 Å². The Morgan fingerprint density at radius 2 is 1.65 bits per heavy atom. The van der Waals surface area contributed by atoms with Gasteiger partial charge in [0.25, 0.3) is 10.0 Å². The van der Waals surface area contributed by atoms with Gasteiger partial charge in [-0.15, -0.1) is 4.83 Å². The Balaban J connectivity index is 1.77. The van der Waals surface area contributed by atoms with Crippen LogP contribution in [0, 0.1) is 6.92 Å². The first-order chi connectivity index (χ1) is 12.3. The lowest BCUT2D eigenvalue weighted by atomic mass is 10.1. The number of carbonyl (C=O) groups is 2. The van der Waals surface area contributed by atoms with Crippen LogP contribution in [0.1, 0.15) is 33.4 Å². The molecule has 0 spiro atoms. The van der Waals surface area contributed by atoms with Crippen LogP contribution in [0.25, 0.3) is 11.0 Å². The second kappa shape index (κ2) is 6.74. The topological polar surface area (TPSA) is 105 Å². The molecule has 7 nitrogen and oxygen atoms in total. The summed E-state index contributed by atoms with van der Waals surface area (Å²) in [5, 5.41) is 0.778. The fourth-order valence-electron chi connectivity index (χ4n) is 2.49. The van der Waals surface area contributed by atoms with E-state index in [1.165, 1.54) is 31.2 Å². The van der Waals surface area contributed by atoms with Crippen molar-refractivity contribution in [3.05, 3.63) is 65.4 Å². The van der Waals surface area contributed by atoms with Crippen molar-refractivity contribution in [2.24, 2.45) is 0 Å². The highest BCUT2D eigenvalue weighted by atomic mass is 32.2. The molecule has 0 saturated carbocycles. The molecule has 0 fully saturated rings. The van der Waals surface area contributed by atoms with Crippen molar-refractivity contribution in [3.8, 4) is 0 Å². The Morgan fingerprint density at radius 1 is 1.00 bits per heavy atom. The van der Waals surface area contributed by atoms with E-state index in [0.29, 0.717) is 16.7 Å². The van der Waals surface area contributed by atoms with E-state index in [4.69, 9.17) is 4.42 Å². The number of benzene rings is 2. The van der Waals surface area contributed by atoms with E-state index in [1.807, 2.05) is 17.0 Å². The van der Waals surface area contributed by atoms with Gasteiger partial charge in [-0.3, -0.25) is 15.0 Å². The first kappa shape index (κ1) is 17.8. The molecule has 0 radical (unpaired) electrons. The largest absolute Gasteiger partial charge is 0.451 e. The van der Waals surface area contributed by atoms with Gasteiger partial charge in [0, 0.05) is 16.5 Å². The van der Waals surface area contributed by atoms with Crippen LogP contribution in [0.2, 0.25) is 0 Å². The van der Waals surface area contributed by atoms with E-state index >= 15 is 0 Å². The Hall–Kier alpha value is -2.97. The van der Waals surface area contributed by atoms with Crippen molar-refractivity contribution in [2.75, 3.05) is 0 Å². The average Bonchev–Trinajstić information content (AvgIpc) is 2.97. The molecule has 0 saturated heterocycles. The molecule has 134 valence electrons. The molecule has 2 aromatic carbocycles. The third kappa shape index (κ3) is 3.37. The summed E-state index contributed by atoms with van der Waals surface area (Å²) in [6.07, 6.45) is 0. The molecule has 1 amide bonds. The maximum absolute atomic E-state index is 12.3. The van der Waals surface area contributed by atoms with Gasteiger partial charge in [-0.1, -0.05) is 30.3 Å². The van der Waals surface area contributed by atoms with Gasteiger partial charge in [0.05, 0.1) is 4.90 Å². The van der Waals surface area contributed by atoms with Crippen LogP contribution in [0.3, 0.4) is 0 Å². The molecule has 0 bridgehead atoms. The van der Waals surface area contributed by atoms with Crippen LogP contribution >= 0.6 is 0 Å².